The van der Waals surface area contributed by atoms with Crippen LogP contribution in [0.15, 0.2) is 12.5 Å². The van der Waals surface area contributed by atoms with E-state index in [0.717, 1.165) is 11.4 Å². The van der Waals surface area contributed by atoms with Crippen LogP contribution in [0, 0.1) is 0 Å². The van der Waals surface area contributed by atoms with Gasteiger partial charge in [-0.3, -0.25) is 0 Å². The van der Waals surface area contributed by atoms with Crippen LogP contribution in [-0.4, -0.2) is 21.6 Å². The van der Waals surface area contributed by atoms with Crippen LogP contribution >= 0.6 is 11.3 Å². The first kappa shape index (κ1) is 11.6. The average Bonchev–Trinajstić information content (AvgIpc) is 3.01. The Kier molecular flexibility index (Phi) is 2.70. The van der Waals surface area contributed by atoms with Gasteiger partial charge in [0.05, 0.1) is 23.9 Å². The molecule has 1 saturated carbocycles. The second-order valence-electron chi connectivity index (χ2n) is 5.48. The summed E-state index contributed by atoms with van der Waals surface area (Å²) in [6, 6.07) is 1.16. The Morgan fingerprint density at radius 3 is 3.05 bits per heavy atom. The molecule has 2 aliphatic carbocycles. The van der Waals surface area contributed by atoms with E-state index in [9.17, 15) is 0 Å². The maximum atomic E-state index is 4.88. The minimum Gasteiger partial charge on any atom is -0.326 e. The van der Waals surface area contributed by atoms with Gasteiger partial charge in [0.1, 0.15) is 5.01 Å². The molecule has 1 unspecified atom stereocenters. The summed E-state index contributed by atoms with van der Waals surface area (Å²) < 4.78 is 2.30. The molecule has 1 fully saturated rings. The Morgan fingerprint density at radius 2 is 2.26 bits per heavy atom. The number of nitrogens with one attached hydrogen (secondary N) is 1. The second-order valence-corrected chi connectivity index (χ2v) is 6.51. The zero-order valence-electron chi connectivity index (χ0n) is 11.1. The maximum Gasteiger partial charge on any atom is 0.142 e. The van der Waals surface area contributed by atoms with E-state index >= 15 is 0 Å². The van der Waals surface area contributed by atoms with Gasteiger partial charge in [-0.05, 0) is 39.2 Å². The minimum atomic E-state index is 0.493. The van der Waals surface area contributed by atoms with E-state index < -0.39 is 0 Å². The molecule has 4 rings (SSSR count). The van der Waals surface area contributed by atoms with Gasteiger partial charge in [-0.1, -0.05) is 0 Å². The third kappa shape index (κ3) is 1.92. The maximum absolute atomic E-state index is 4.88. The zero-order valence-corrected chi connectivity index (χ0v) is 11.9. The van der Waals surface area contributed by atoms with Gasteiger partial charge in [-0.15, -0.1) is 11.3 Å². The molecule has 2 heterocycles. The third-order valence-corrected chi connectivity index (χ3v) is 5.36. The number of hydrogen-bond acceptors (Lipinski definition) is 4. The lowest BCUT2D eigenvalue weighted by molar-refractivity contribution is 0.501. The Morgan fingerprint density at radius 1 is 1.37 bits per heavy atom. The first-order valence-corrected chi connectivity index (χ1v) is 7.87. The molecule has 2 aromatic heterocycles. The molecule has 2 aromatic rings. The first-order chi connectivity index (χ1) is 9.36. The van der Waals surface area contributed by atoms with Crippen molar-refractivity contribution < 1.29 is 0 Å². The van der Waals surface area contributed by atoms with E-state index in [4.69, 9.17) is 4.98 Å². The summed E-state index contributed by atoms with van der Waals surface area (Å²) in [4.78, 5) is 10.6. The number of rotatable bonds is 3. The van der Waals surface area contributed by atoms with Gasteiger partial charge in [0.15, 0.2) is 0 Å². The molecule has 1 atom stereocenters. The SMILES string of the molecule is CNC1CCCc2nc(-c3cncn3C3CC3)sc21. The molecule has 0 saturated heterocycles. The van der Waals surface area contributed by atoms with Gasteiger partial charge in [-0.25, -0.2) is 9.97 Å². The van der Waals surface area contributed by atoms with Crippen molar-refractivity contribution in [2.75, 3.05) is 7.05 Å². The molecule has 0 amide bonds. The van der Waals surface area contributed by atoms with E-state index in [2.05, 4.69) is 14.9 Å². The van der Waals surface area contributed by atoms with E-state index in [-0.39, 0.29) is 0 Å². The van der Waals surface area contributed by atoms with Crippen molar-refractivity contribution in [3.63, 3.8) is 0 Å². The summed E-state index contributed by atoms with van der Waals surface area (Å²) in [7, 11) is 2.05. The topological polar surface area (TPSA) is 42.7 Å². The lowest BCUT2D eigenvalue weighted by Crippen LogP contribution is -2.19. The zero-order chi connectivity index (χ0) is 12.8. The molecular weight excluding hydrogens is 256 g/mol. The van der Waals surface area contributed by atoms with Crippen LogP contribution in [0.25, 0.3) is 10.7 Å². The lowest BCUT2D eigenvalue weighted by Gasteiger charge is -2.19. The highest BCUT2D eigenvalue weighted by molar-refractivity contribution is 7.15. The summed E-state index contributed by atoms with van der Waals surface area (Å²) >= 11 is 1.85. The number of hydrogen-bond donors (Lipinski definition) is 1. The summed E-state index contributed by atoms with van der Waals surface area (Å²) in [5.41, 5.74) is 2.51. The first-order valence-electron chi connectivity index (χ1n) is 7.06. The van der Waals surface area contributed by atoms with Crippen molar-refractivity contribution in [1.29, 1.82) is 0 Å². The van der Waals surface area contributed by atoms with Crippen LogP contribution in [-0.2, 0) is 6.42 Å². The summed E-state index contributed by atoms with van der Waals surface area (Å²) in [5.74, 6) is 0. The molecule has 4 nitrogen and oxygen atoms in total. The van der Waals surface area contributed by atoms with Gasteiger partial charge in [-0.2, -0.15) is 0 Å². The van der Waals surface area contributed by atoms with Gasteiger partial charge in [0.2, 0.25) is 0 Å². The van der Waals surface area contributed by atoms with E-state index in [0.29, 0.717) is 12.1 Å². The molecule has 5 heteroatoms. The predicted octanol–water partition coefficient (Wildman–Crippen LogP) is 2.94. The number of fused-ring (bicyclic) bond motifs is 1. The van der Waals surface area contributed by atoms with Gasteiger partial charge in [0, 0.05) is 17.0 Å². The van der Waals surface area contributed by atoms with Crippen LogP contribution in [0.4, 0.5) is 0 Å². The third-order valence-electron chi connectivity index (χ3n) is 4.12. The molecule has 0 radical (unpaired) electrons. The number of nitrogens with zero attached hydrogens (tertiary/aromatic N) is 3. The number of imidazole rings is 1. The van der Waals surface area contributed by atoms with Crippen LogP contribution in [0.1, 0.15) is 48.3 Å². The number of aromatic nitrogens is 3. The number of aryl methyl sites for hydroxylation is 1. The molecular formula is C14H18N4S. The quantitative estimate of drug-likeness (QED) is 0.935. The number of thiazole rings is 1. The molecule has 1 N–H and O–H groups in total. The standard InChI is InChI=1S/C14H18N4S/c1-15-10-3-2-4-11-13(10)19-14(17-11)12-7-16-8-18(12)9-5-6-9/h7-10,15H,2-6H2,1H3. The van der Waals surface area contributed by atoms with Gasteiger partial charge < -0.3 is 9.88 Å². The van der Waals surface area contributed by atoms with Crippen molar-refractivity contribution in [2.24, 2.45) is 0 Å². The summed E-state index contributed by atoms with van der Waals surface area (Å²) in [6.45, 7) is 0. The predicted molar refractivity (Wildman–Crippen MR) is 76.3 cm³/mol. The van der Waals surface area contributed by atoms with E-state index in [1.807, 2.05) is 30.9 Å². The smallest absolute Gasteiger partial charge is 0.142 e. The Balaban J connectivity index is 1.75. The average molecular weight is 274 g/mol. The normalized spacial score (nSPS) is 22.5. The lowest BCUT2D eigenvalue weighted by atomic mass is 9.98. The molecule has 0 bridgehead atoms. The molecule has 0 aliphatic heterocycles. The van der Waals surface area contributed by atoms with Crippen molar-refractivity contribution in [3.05, 3.63) is 23.1 Å². The van der Waals surface area contributed by atoms with Crippen LogP contribution in [0.2, 0.25) is 0 Å². The molecule has 0 aromatic carbocycles. The van der Waals surface area contributed by atoms with E-state index in [1.54, 1.807) is 0 Å². The highest BCUT2D eigenvalue weighted by Gasteiger charge is 2.28. The fourth-order valence-corrected chi connectivity index (χ4v) is 4.19. The van der Waals surface area contributed by atoms with E-state index in [1.165, 1.54) is 41.9 Å². The minimum absolute atomic E-state index is 0.493. The molecule has 19 heavy (non-hydrogen) atoms. The Labute approximate surface area is 116 Å². The summed E-state index contributed by atoms with van der Waals surface area (Å²) in [6.07, 6.45) is 10.1. The molecule has 2 aliphatic rings. The Bertz CT molecular complexity index is 596. The molecule has 100 valence electrons. The second kappa shape index (κ2) is 4.42. The molecule has 0 spiro atoms. The van der Waals surface area contributed by atoms with Crippen LogP contribution in [0.3, 0.4) is 0 Å². The van der Waals surface area contributed by atoms with Gasteiger partial charge in [0.25, 0.3) is 0 Å². The highest BCUT2D eigenvalue weighted by atomic mass is 32.1. The van der Waals surface area contributed by atoms with Crippen LogP contribution < -0.4 is 5.32 Å². The van der Waals surface area contributed by atoms with Crippen molar-refractivity contribution >= 4 is 11.3 Å². The highest BCUT2D eigenvalue weighted by Crippen LogP contribution is 2.41. The van der Waals surface area contributed by atoms with Crippen molar-refractivity contribution in [2.45, 2.75) is 44.2 Å². The van der Waals surface area contributed by atoms with Crippen molar-refractivity contribution in [3.8, 4) is 10.7 Å². The largest absolute Gasteiger partial charge is 0.326 e. The Hall–Kier alpha value is -1.20. The summed E-state index contributed by atoms with van der Waals surface area (Å²) in [5, 5.41) is 4.57. The fourth-order valence-electron chi connectivity index (χ4n) is 2.92. The fraction of sp³-hybridized carbons (Fsp3) is 0.571. The van der Waals surface area contributed by atoms with Crippen LogP contribution in [0.5, 0.6) is 0 Å². The van der Waals surface area contributed by atoms with Gasteiger partial charge >= 0.3 is 0 Å². The van der Waals surface area contributed by atoms with Crippen molar-refractivity contribution in [1.82, 2.24) is 19.9 Å². The monoisotopic (exact) mass is 274 g/mol.